The first-order valence-corrected chi connectivity index (χ1v) is 9.53. The van der Waals surface area contributed by atoms with Crippen molar-refractivity contribution in [1.29, 1.82) is 0 Å². The van der Waals surface area contributed by atoms with E-state index in [-0.39, 0.29) is 17.0 Å². The Morgan fingerprint density at radius 1 is 1.36 bits per heavy atom. The summed E-state index contributed by atoms with van der Waals surface area (Å²) in [5.74, 6) is -0.140. The van der Waals surface area contributed by atoms with Crippen LogP contribution >= 0.6 is 0 Å². The number of anilines is 1. The number of ether oxygens (including phenoxy) is 1. The fourth-order valence-electron chi connectivity index (χ4n) is 3.74. The van der Waals surface area contributed by atoms with Gasteiger partial charge in [-0.25, -0.2) is 4.79 Å². The number of non-ortho nitro benzene ring substituents is 1. The summed E-state index contributed by atoms with van der Waals surface area (Å²) in [6.45, 7) is 9.85. The summed E-state index contributed by atoms with van der Waals surface area (Å²) in [6.07, 6.45) is 1.70. The predicted molar refractivity (Wildman–Crippen MR) is 107 cm³/mol. The van der Waals surface area contributed by atoms with Crippen molar-refractivity contribution in [3.63, 3.8) is 0 Å². The van der Waals surface area contributed by atoms with Crippen LogP contribution in [0.4, 0.5) is 16.2 Å². The Morgan fingerprint density at radius 3 is 2.57 bits per heavy atom. The van der Waals surface area contributed by atoms with E-state index < -0.39 is 16.6 Å². The molecule has 1 N–H and O–H groups in total. The van der Waals surface area contributed by atoms with Crippen molar-refractivity contribution < 1.29 is 19.2 Å². The lowest BCUT2D eigenvalue weighted by molar-refractivity contribution is -0.384. The number of amides is 2. The molecule has 2 rings (SSSR count). The lowest BCUT2D eigenvalue weighted by atomic mass is 9.70. The van der Waals surface area contributed by atoms with Gasteiger partial charge >= 0.3 is 6.09 Å². The number of nitrogens with one attached hydrogen (secondary N) is 1. The molecule has 8 nitrogen and oxygen atoms in total. The van der Waals surface area contributed by atoms with Crippen molar-refractivity contribution in [2.45, 2.75) is 64.9 Å². The van der Waals surface area contributed by atoms with E-state index in [1.165, 1.54) is 19.1 Å². The van der Waals surface area contributed by atoms with E-state index in [0.717, 1.165) is 18.4 Å². The third kappa shape index (κ3) is 4.79. The first-order valence-electron chi connectivity index (χ1n) is 9.53. The number of hydrogen-bond donors (Lipinski definition) is 1. The Morgan fingerprint density at radius 2 is 2.04 bits per heavy atom. The molecule has 2 amide bonds. The maximum atomic E-state index is 12.1. The predicted octanol–water partition coefficient (Wildman–Crippen LogP) is 3.91. The Labute approximate surface area is 165 Å². The molecule has 8 heteroatoms. The Balaban J connectivity index is 2.27. The minimum Gasteiger partial charge on any atom is -0.444 e. The van der Waals surface area contributed by atoms with Gasteiger partial charge in [0.1, 0.15) is 5.60 Å². The minimum absolute atomic E-state index is 0.0382. The summed E-state index contributed by atoms with van der Waals surface area (Å²) in [4.78, 5) is 36.3. The van der Waals surface area contributed by atoms with Gasteiger partial charge in [-0.15, -0.1) is 0 Å². The van der Waals surface area contributed by atoms with Crippen LogP contribution in [0.3, 0.4) is 0 Å². The Hall–Kier alpha value is -2.64. The number of nitro groups is 1. The Bertz CT molecular complexity index is 772. The molecule has 28 heavy (non-hydrogen) atoms. The van der Waals surface area contributed by atoms with Gasteiger partial charge in [0.2, 0.25) is 5.91 Å². The molecule has 0 fully saturated rings. The summed E-state index contributed by atoms with van der Waals surface area (Å²) in [7, 11) is 0. The number of nitro benzene ring substituents is 1. The van der Waals surface area contributed by atoms with Crippen molar-refractivity contribution in [3.8, 4) is 0 Å². The van der Waals surface area contributed by atoms with Crippen LogP contribution in [0.25, 0.3) is 0 Å². The van der Waals surface area contributed by atoms with Gasteiger partial charge in [0.05, 0.1) is 10.6 Å². The average Bonchev–Trinajstić information content (AvgIpc) is 2.59. The van der Waals surface area contributed by atoms with E-state index in [9.17, 15) is 19.7 Å². The number of carbonyl (C=O) groups excluding carboxylic acids is 2. The van der Waals surface area contributed by atoms with E-state index in [0.29, 0.717) is 25.2 Å². The maximum absolute atomic E-state index is 12.1. The number of fused-ring (bicyclic) bond motifs is 1. The van der Waals surface area contributed by atoms with Crippen molar-refractivity contribution in [3.05, 3.63) is 33.9 Å². The highest BCUT2D eigenvalue weighted by molar-refractivity contribution is 5.93. The number of alkyl carbamates (subject to hydrolysis) is 1. The fraction of sp³-hybridized carbons (Fsp3) is 0.600. The molecule has 1 aromatic rings. The zero-order valence-corrected chi connectivity index (χ0v) is 17.2. The molecule has 1 aliphatic rings. The van der Waals surface area contributed by atoms with Crippen LogP contribution in [0.5, 0.6) is 0 Å². The summed E-state index contributed by atoms with van der Waals surface area (Å²) < 4.78 is 5.28. The first kappa shape index (κ1) is 21.7. The molecule has 0 radical (unpaired) electrons. The summed E-state index contributed by atoms with van der Waals surface area (Å²) in [6, 6.07) is 4.70. The number of nitrogens with zero attached hydrogens (tertiary/aromatic N) is 2. The lowest BCUT2D eigenvalue weighted by Crippen LogP contribution is -2.44. The highest BCUT2D eigenvalue weighted by Crippen LogP contribution is 2.45. The smallest absolute Gasteiger partial charge is 0.407 e. The molecule has 1 aliphatic heterocycles. The molecule has 0 aromatic heterocycles. The molecule has 0 bridgehead atoms. The molecule has 1 atom stereocenters. The van der Waals surface area contributed by atoms with E-state index in [4.69, 9.17) is 4.74 Å². The molecule has 0 spiro atoms. The van der Waals surface area contributed by atoms with E-state index >= 15 is 0 Å². The highest BCUT2D eigenvalue weighted by atomic mass is 16.6. The second kappa shape index (κ2) is 8.16. The minimum atomic E-state index is -0.565. The second-order valence-electron chi connectivity index (χ2n) is 8.19. The number of hydrogen-bond acceptors (Lipinski definition) is 5. The van der Waals surface area contributed by atoms with Gasteiger partial charge in [0.25, 0.3) is 5.69 Å². The normalized spacial score (nSPS) is 19.0. The van der Waals surface area contributed by atoms with Crippen LogP contribution in [0.15, 0.2) is 18.2 Å². The lowest BCUT2D eigenvalue weighted by Gasteiger charge is -2.43. The molecule has 1 heterocycles. The zero-order valence-electron chi connectivity index (χ0n) is 17.2. The standard InChI is InChI=1S/C20H29N3O5/c1-6-20(9-11-21-18(25)28-19(3,4)5)10-12-22(14(2)24)17-13-15(23(26)27)7-8-16(17)20/h7-8,13H,6,9-12H2,1-5H3,(H,21,25). The largest absolute Gasteiger partial charge is 0.444 e. The summed E-state index contributed by atoms with van der Waals surface area (Å²) in [5, 5.41) is 14.0. The second-order valence-corrected chi connectivity index (χ2v) is 8.19. The van der Waals surface area contributed by atoms with E-state index in [1.54, 1.807) is 31.7 Å². The summed E-state index contributed by atoms with van der Waals surface area (Å²) in [5.41, 5.74) is 0.625. The quantitative estimate of drug-likeness (QED) is 0.605. The molecule has 0 saturated carbocycles. The van der Waals surface area contributed by atoms with Crippen LogP contribution < -0.4 is 10.2 Å². The molecular weight excluding hydrogens is 362 g/mol. The van der Waals surface area contributed by atoms with Crippen LogP contribution in [0, 0.1) is 10.1 Å². The Kier molecular flexibility index (Phi) is 6.31. The third-order valence-corrected chi connectivity index (χ3v) is 5.20. The molecule has 1 aromatic carbocycles. The van der Waals surface area contributed by atoms with Gasteiger partial charge in [-0.05, 0) is 51.7 Å². The van der Waals surface area contributed by atoms with Crippen molar-refractivity contribution in [2.75, 3.05) is 18.0 Å². The van der Waals surface area contributed by atoms with Gasteiger partial charge in [0.15, 0.2) is 0 Å². The molecule has 1 unspecified atom stereocenters. The molecule has 0 aliphatic carbocycles. The van der Waals surface area contributed by atoms with E-state index in [1.807, 2.05) is 0 Å². The SMILES string of the molecule is CCC1(CCNC(=O)OC(C)(C)C)CCN(C(C)=O)c2cc([N+](=O)[O-])ccc21. The summed E-state index contributed by atoms with van der Waals surface area (Å²) >= 11 is 0. The van der Waals surface area contributed by atoms with Gasteiger partial charge in [0, 0.05) is 37.6 Å². The number of carbonyl (C=O) groups is 2. The van der Waals surface area contributed by atoms with Crippen molar-refractivity contribution in [2.24, 2.45) is 0 Å². The van der Waals surface area contributed by atoms with Crippen LogP contribution in [-0.2, 0) is 14.9 Å². The van der Waals surface area contributed by atoms with Crippen LogP contribution in [0.2, 0.25) is 0 Å². The molecule has 0 saturated heterocycles. The van der Waals surface area contributed by atoms with Crippen molar-refractivity contribution >= 4 is 23.4 Å². The number of benzene rings is 1. The zero-order chi connectivity index (χ0) is 21.1. The maximum Gasteiger partial charge on any atom is 0.407 e. The van der Waals surface area contributed by atoms with Gasteiger partial charge < -0.3 is 15.0 Å². The third-order valence-electron chi connectivity index (χ3n) is 5.20. The van der Waals surface area contributed by atoms with Crippen LogP contribution in [0.1, 0.15) is 59.4 Å². The van der Waals surface area contributed by atoms with Gasteiger partial charge in [-0.2, -0.15) is 0 Å². The molecular formula is C20H29N3O5. The van der Waals surface area contributed by atoms with Crippen LogP contribution in [-0.4, -0.2) is 35.6 Å². The first-order chi connectivity index (χ1) is 13.0. The van der Waals surface area contributed by atoms with Crippen molar-refractivity contribution in [1.82, 2.24) is 5.32 Å². The van der Waals surface area contributed by atoms with Gasteiger partial charge in [-0.3, -0.25) is 14.9 Å². The highest BCUT2D eigenvalue weighted by Gasteiger charge is 2.39. The van der Waals surface area contributed by atoms with E-state index in [2.05, 4.69) is 12.2 Å². The van der Waals surface area contributed by atoms with Gasteiger partial charge in [-0.1, -0.05) is 6.92 Å². The monoisotopic (exact) mass is 391 g/mol. The average molecular weight is 391 g/mol. The molecule has 154 valence electrons. The number of rotatable bonds is 5. The fourth-order valence-corrected chi connectivity index (χ4v) is 3.74. The topological polar surface area (TPSA) is 102 Å².